The molecule has 0 saturated carbocycles. The first-order valence-electron chi connectivity index (χ1n) is 15.1. The second kappa shape index (κ2) is 16.6. The van der Waals surface area contributed by atoms with Gasteiger partial charge >= 0.3 is 0 Å². The highest BCUT2D eigenvalue weighted by molar-refractivity contribution is 5.84. The van der Waals surface area contributed by atoms with Crippen molar-refractivity contribution < 1.29 is 4.79 Å². The Kier molecular flexibility index (Phi) is 13.1. The van der Waals surface area contributed by atoms with E-state index in [-0.39, 0.29) is 0 Å². The zero-order valence-electron chi connectivity index (χ0n) is 23.3. The lowest BCUT2D eigenvalue weighted by molar-refractivity contribution is -0.131. The molecule has 200 valence electrons. The van der Waals surface area contributed by atoms with Crippen LogP contribution in [-0.2, 0) is 4.79 Å². The SMILES string of the molecule is CCCCCCCCCCCCCCCCCC(=O)N1CCN(c2cc(C)c3ccccc3n2)CC1. The zero-order chi connectivity index (χ0) is 25.4. The predicted octanol–water partition coefficient (Wildman–Crippen LogP) is 8.45. The van der Waals surface area contributed by atoms with Gasteiger partial charge in [0.15, 0.2) is 0 Å². The number of piperazine rings is 1. The van der Waals surface area contributed by atoms with Crippen molar-refractivity contribution in [3.63, 3.8) is 0 Å². The van der Waals surface area contributed by atoms with E-state index in [9.17, 15) is 4.79 Å². The topological polar surface area (TPSA) is 36.4 Å². The quantitative estimate of drug-likeness (QED) is 0.207. The normalized spacial score (nSPS) is 14.1. The number of rotatable bonds is 17. The third-order valence-corrected chi connectivity index (χ3v) is 7.86. The van der Waals surface area contributed by atoms with Crippen molar-refractivity contribution in [2.75, 3.05) is 31.1 Å². The molecular weight excluding hydrogens is 442 g/mol. The minimum absolute atomic E-state index is 0.340. The number of carbonyl (C=O) groups excluding carboxylic acids is 1. The number of aryl methyl sites for hydroxylation is 1. The molecule has 1 saturated heterocycles. The van der Waals surface area contributed by atoms with Crippen molar-refractivity contribution in [1.82, 2.24) is 9.88 Å². The second-order valence-electron chi connectivity index (χ2n) is 10.9. The first kappa shape index (κ1) is 28.5. The first-order chi connectivity index (χ1) is 17.7. The van der Waals surface area contributed by atoms with Crippen LogP contribution in [0.2, 0.25) is 0 Å². The lowest BCUT2D eigenvalue weighted by Crippen LogP contribution is -2.49. The van der Waals surface area contributed by atoms with E-state index in [1.54, 1.807) is 0 Å². The zero-order valence-corrected chi connectivity index (χ0v) is 23.3. The summed E-state index contributed by atoms with van der Waals surface area (Å²) in [6.45, 7) is 7.81. The smallest absolute Gasteiger partial charge is 0.222 e. The van der Waals surface area contributed by atoms with Crippen LogP contribution >= 0.6 is 0 Å². The molecule has 2 aromatic rings. The largest absolute Gasteiger partial charge is 0.353 e. The maximum atomic E-state index is 12.7. The van der Waals surface area contributed by atoms with Crippen molar-refractivity contribution in [2.45, 2.75) is 117 Å². The highest BCUT2D eigenvalue weighted by Gasteiger charge is 2.22. The average Bonchev–Trinajstić information content (AvgIpc) is 2.91. The molecular formula is C32H51N3O. The fourth-order valence-corrected chi connectivity index (χ4v) is 5.48. The molecule has 3 rings (SSSR count). The Morgan fingerprint density at radius 3 is 1.86 bits per heavy atom. The van der Waals surface area contributed by atoms with Crippen LogP contribution in [0.4, 0.5) is 5.82 Å². The van der Waals surface area contributed by atoms with Crippen LogP contribution in [0.5, 0.6) is 0 Å². The molecule has 1 aromatic carbocycles. The summed E-state index contributed by atoms with van der Waals surface area (Å²) in [5.41, 5.74) is 2.32. The predicted molar refractivity (Wildman–Crippen MR) is 155 cm³/mol. The van der Waals surface area contributed by atoms with E-state index in [1.807, 2.05) is 6.07 Å². The molecule has 0 bridgehead atoms. The van der Waals surface area contributed by atoms with E-state index in [4.69, 9.17) is 4.98 Å². The number of pyridine rings is 1. The molecule has 36 heavy (non-hydrogen) atoms. The first-order valence-corrected chi connectivity index (χ1v) is 15.1. The second-order valence-corrected chi connectivity index (χ2v) is 10.9. The third-order valence-electron chi connectivity index (χ3n) is 7.86. The Bertz CT molecular complexity index is 888. The maximum absolute atomic E-state index is 12.7. The Hall–Kier alpha value is -2.10. The van der Waals surface area contributed by atoms with Gasteiger partial charge in [0.25, 0.3) is 0 Å². The fraction of sp³-hybridized carbons (Fsp3) is 0.688. The molecule has 0 atom stereocenters. The number of fused-ring (bicyclic) bond motifs is 1. The number of aromatic nitrogens is 1. The molecule has 1 amide bonds. The number of carbonyl (C=O) groups is 1. The van der Waals surface area contributed by atoms with Crippen LogP contribution in [0, 0.1) is 6.92 Å². The van der Waals surface area contributed by atoms with Crippen molar-refractivity contribution >= 4 is 22.6 Å². The van der Waals surface area contributed by atoms with Gasteiger partial charge in [-0.2, -0.15) is 0 Å². The number of anilines is 1. The van der Waals surface area contributed by atoms with E-state index < -0.39 is 0 Å². The van der Waals surface area contributed by atoms with Crippen LogP contribution in [0.3, 0.4) is 0 Å². The van der Waals surface area contributed by atoms with Gasteiger partial charge in [-0.1, -0.05) is 115 Å². The van der Waals surface area contributed by atoms with Gasteiger partial charge in [-0.3, -0.25) is 4.79 Å². The summed E-state index contributed by atoms with van der Waals surface area (Å²) in [4.78, 5) is 22.0. The molecule has 0 spiro atoms. The van der Waals surface area contributed by atoms with Gasteiger partial charge in [-0.15, -0.1) is 0 Å². The summed E-state index contributed by atoms with van der Waals surface area (Å²) in [6.07, 6.45) is 21.1. The van der Waals surface area contributed by atoms with Crippen molar-refractivity contribution in [3.8, 4) is 0 Å². The van der Waals surface area contributed by atoms with E-state index in [1.165, 1.54) is 101 Å². The molecule has 1 fully saturated rings. The van der Waals surface area contributed by atoms with E-state index in [0.29, 0.717) is 12.3 Å². The number of nitrogens with zero attached hydrogens (tertiary/aromatic N) is 3. The molecule has 1 aliphatic heterocycles. The summed E-state index contributed by atoms with van der Waals surface area (Å²) < 4.78 is 0. The number of hydrogen-bond acceptors (Lipinski definition) is 3. The van der Waals surface area contributed by atoms with E-state index in [0.717, 1.165) is 43.9 Å². The number of hydrogen-bond donors (Lipinski definition) is 0. The van der Waals surface area contributed by atoms with Gasteiger partial charge in [0.05, 0.1) is 5.52 Å². The lowest BCUT2D eigenvalue weighted by Gasteiger charge is -2.35. The van der Waals surface area contributed by atoms with Crippen molar-refractivity contribution in [1.29, 1.82) is 0 Å². The number of amides is 1. The third kappa shape index (κ3) is 9.75. The molecule has 1 aliphatic rings. The highest BCUT2D eigenvalue weighted by Crippen LogP contribution is 2.23. The van der Waals surface area contributed by atoms with Gasteiger partial charge in [-0.05, 0) is 31.0 Å². The minimum atomic E-state index is 0.340. The summed E-state index contributed by atoms with van der Waals surface area (Å²) in [7, 11) is 0. The van der Waals surface area contributed by atoms with Gasteiger partial charge in [0, 0.05) is 38.0 Å². The van der Waals surface area contributed by atoms with Crippen molar-refractivity contribution in [2.24, 2.45) is 0 Å². The Balaban J connectivity index is 1.18. The van der Waals surface area contributed by atoms with Gasteiger partial charge in [0.2, 0.25) is 5.91 Å². The fourth-order valence-electron chi connectivity index (χ4n) is 5.48. The van der Waals surface area contributed by atoms with Crippen LogP contribution in [0.15, 0.2) is 30.3 Å². The minimum Gasteiger partial charge on any atom is -0.353 e. The molecule has 0 unspecified atom stereocenters. The van der Waals surface area contributed by atoms with Crippen LogP contribution < -0.4 is 4.90 Å². The molecule has 2 heterocycles. The lowest BCUT2D eigenvalue weighted by atomic mass is 10.0. The Labute approximate surface area is 220 Å². The monoisotopic (exact) mass is 493 g/mol. The summed E-state index contributed by atoms with van der Waals surface area (Å²) in [6, 6.07) is 10.5. The highest BCUT2D eigenvalue weighted by atomic mass is 16.2. The number of benzene rings is 1. The van der Waals surface area contributed by atoms with E-state index >= 15 is 0 Å². The van der Waals surface area contributed by atoms with Crippen LogP contribution in [0.25, 0.3) is 10.9 Å². The Morgan fingerprint density at radius 1 is 0.750 bits per heavy atom. The van der Waals surface area contributed by atoms with Gasteiger partial charge in [0.1, 0.15) is 5.82 Å². The molecule has 0 N–H and O–H groups in total. The number of unbranched alkanes of at least 4 members (excludes halogenated alkanes) is 14. The van der Waals surface area contributed by atoms with Gasteiger partial charge < -0.3 is 9.80 Å². The standard InChI is InChI=1S/C32H51N3O/c1-3-4-5-6-7-8-9-10-11-12-13-14-15-16-17-22-32(36)35-25-23-34(24-26-35)31-27-28(2)29-20-18-19-21-30(29)33-31/h18-21,27H,3-17,22-26H2,1-2H3. The summed E-state index contributed by atoms with van der Waals surface area (Å²) in [5, 5.41) is 1.22. The van der Waals surface area contributed by atoms with Gasteiger partial charge in [-0.25, -0.2) is 4.98 Å². The molecule has 0 radical (unpaired) electrons. The van der Waals surface area contributed by atoms with Crippen LogP contribution in [-0.4, -0.2) is 42.0 Å². The summed E-state index contributed by atoms with van der Waals surface area (Å²) >= 11 is 0. The maximum Gasteiger partial charge on any atom is 0.222 e. The molecule has 4 nitrogen and oxygen atoms in total. The van der Waals surface area contributed by atoms with E-state index in [2.05, 4.69) is 47.9 Å². The molecule has 0 aliphatic carbocycles. The average molecular weight is 494 g/mol. The molecule has 4 heteroatoms. The summed E-state index contributed by atoms with van der Waals surface area (Å²) in [5.74, 6) is 1.38. The molecule has 1 aromatic heterocycles. The van der Waals surface area contributed by atoms with Crippen LogP contribution in [0.1, 0.15) is 115 Å². The Morgan fingerprint density at radius 2 is 1.28 bits per heavy atom. The van der Waals surface area contributed by atoms with Crippen molar-refractivity contribution in [3.05, 3.63) is 35.9 Å². The number of para-hydroxylation sites is 1.